The van der Waals surface area contributed by atoms with Gasteiger partial charge in [-0.15, -0.1) is 0 Å². The average Bonchev–Trinajstić information content (AvgIpc) is 2.35. The van der Waals surface area contributed by atoms with E-state index < -0.39 is 0 Å². The Morgan fingerprint density at radius 2 is 1.35 bits per heavy atom. The van der Waals surface area contributed by atoms with Gasteiger partial charge in [-0.1, -0.05) is 51.5 Å². The third kappa shape index (κ3) is 4.10. The van der Waals surface area contributed by atoms with Crippen molar-refractivity contribution in [2.75, 3.05) is 0 Å². The molecule has 0 atom stereocenters. The Balaban J connectivity index is 0.000000581. The zero-order chi connectivity index (χ0) is 13.4. The molecule has 0 spiro atoms. The van der Waals surface area contributed by atoms with Crippen molar-refractivity contribution in [1.82, 2.24) is 0 Å². The lowest BCUT2D eigenvalue weighted by atomic mass is 10.0. The third-order valence-corrected chi connectivity index (χ3v) is 2.23. The molecule has 0 aliphatic rings. The molecule has 1 nitrogen and oxygen atoms in total. The fourth-order valence-electron chi connectivity index (χ4n) is 1.60. The van der Waals surface area contributed by atoms with Crippen LogP contribution in [0.3, 0.4) is 0 Å². The molecule has 0 saturated heterocycles. The molecular formula is C16H24O. The second-order valence-electron chi connectivity index (χ2n) is 3.51. The van der Waals surface area contributed by atoms with Gasteiger partial charge in [0.15, 0.2) is 0 Å². The van der Waals surface area contributed by atoms with Crippen LogP contribution in [0.4, 0.5) is 0 Å². The summed E-state index contributed by atoms with van der Waals surface area (Å²) in [6, 6.07) is 9.97. The monoisotopic (exact) mass is 232 g/mol. The van der Waals surface area contributed by atoms with Crippen LogP contribution < -0.4 is 0 Å². The molecule has 1 N–H and O–H groups in total. The molecule has 2 rings (SSSR count). The molecule has 0 bridgehead atoms. The number of fused-ring (bicyclic) bond motifs is 1. The standard InChI is InChI=1S/C12H12O.2C2H6/c1-8-3-4-10-5-9(2)7-12(13)11(10)6-8;2*1-2/h3-7,13H,1-2H3;2*1-2H3. The zero-order valence-corrected chi connectivity index (χ0v) is 11.8. The molecule has 0 aliphatic heterocycles. The number of benzene rings is 2. The Kier molecular flexibility index (Phi) is 7.04. The van der Waals surface area contributed by atoms with E-state index in [2.05, 4.69) is 12.1 Å². The van der Waals surface area contributed by atoms with Crippen LogP contribution in [0, 0.1) is 13.8 Å². The van der Waals surface area contributed by atoms with Gasteiger partial charge in [0.25, 0.3) is 0 Å². The third-order valence-electron chi connectivity index (χ3n) is 2.23. The van der Waals surface area contributed by atoms with E-state index in [9.17, 15) is 5.11 Å². The number of hydrogen-bond acceptors (Lipinski definition) is 1. The van der Waals surface area contributed by atoms with Gasteiger partial charge >= 0.3 is 0 Å². The summed E-state index contributed by atoms with van der Waals surface area (Å²) in [5.41, 5.74) is 2.26. The first kappa shape index (κ1) is 15.5. The number of phenolic OH excluding ortho intramolecular Hbond substituents is 1. The van der Waals surface area contributed by atoms with E-state index in [0.717, 1.165) is 16.3 Å². The molecular weight excluding hydrogens is 208 g/mol. The van der Waals surface area contributed by atoms with Crippen LogP contribution in [0.15, 0.2) is 30.3 Å². The van der Waals surface area contributed by atoms with Crippen LogP contribution in [0.2, 0.25) is 0 Å². The van der Waals surface area contributed by atoms with Crippen molar-refractivity contribution in [3.8, 4) is 5.75 Å². The highest BCUT2D eigenvalue weighted by molar-refractivity contribution is 5.89. The van der Waals surface area contributed by atoms with Gasteiger partial charge < -0.3 is 5.11 Å². The molecule has 0 amide bonds. The van der Waals surface area contributed by atoms with Gasteiger partial charge in [-0.2, -0.15) is 0 Å². The largest absolute Gasteiger partial charge is 0.507 e. The Hall–Kier alpha value is -1.50. The van der Waals surface area contributed by atoms with Gasteiger partial charge in [0, 0.05) is 5.39 Å². The van der Waals surface area contributed by atoms with Crippen molar-refractivity contribution in [2.45, 2.75) is 41.5 Å². The smallest absolute Gasteiger partial charge is 0.123 e. The van der Waals surface area contributed by atoms with Gasteiger partial charge in [0.2, 0.25) is 0 Å². The average molecular weight is 232 g/mol. The summed E-state index contributed by atoms with van der Waals surface area (Å²) < 4.78 is 0. The molecule has 0 saturated carbocycles. The summed E-state index contributed by atoms with van der Waals surface area (Å²) in [5.74, 6) is 0.374. The summed E-state index contributed by atoms with van der Waals surface area (Å²) in [6.45, 7) is 12.0. The van der Waals surface area contributed by atoms with Crippen LogP contribution >= 0.6 is 0 Å². The van der Waals surface area contributed by atoms with Crippen molar-refractivity contribution in [3.05, 3.63) is 41.5 Å². The number of phenols is 1. The first-order valence-electron chi connectivity index (χ1n) is 6.37. The molecule has 1 heteroatoms. The molecule has 17 heavy (non-hydrogen) atoms. The fourth-order valence-corrected chi connectivity index (χ4v) is 1.60. The van der Waals surface area contributed by atoms with Gasteiger partial charge in [-0.05, 0) is 36.9 Å². The Morgan fingerprint density at radius 1 is 0.765 bits per heavy atom. The summed E-state index contributed by atoms with van der Waals surface area (Å²) in [6.07, 6.45) is 0. The van der Waals surface area contributed by atoms with E-state index >= 15 is 0 Å². The first-order valence-corrected chi connectivity index (χ1v) is 6.37. The Labute approximate surface area is 105 Å². The van der Waals surface area contributed by atoms with E-state index in [0.29, 0.717) is 5.75 Å². The normalized spacial score (nSPS) is 8.82. The van der Waals surface area contributed by atoms with E-state index in [-0.39, 0.29) is 0 Å². The first-order chi connectivity index (χ1) is 8.16. The van der Waals surface area contributed by atoms with E-state index in [1.165, 1.54) is 5.56 Å². The number of aromatic hydroxyl groups is 1. The second kappa shape index (κ2) is 7.72. The minimum absolute atomic E-state index is 0.374. The molecule has 2 aromatic rings. The van der Waals surface area contributed by atoms with Crippen LogP contribution in [0.25, 0.3) is 10.8 Å². The molecule has 0 aromatic heterocycles. The predicted octanol–water partition coefficient (Wildman–Crippen LogP) is 5.21. The van der Waals surface area contributed by atoms with E-state index in [1.807, 2.05) is 53.7 Å². The summed E-state index contributed by atoms with van der Waals surface area (Å²) in [4.78, 5) is 0. The Morgan fingerprint density at radius 3 is 1.94 bits per heavy atom. The summed E-state index contributed by atoms with van der Waals surface area (Å²) in [5, 5.41) is 11.7. The zero-order valence-electron chi connectivity index (χ0n) is 11.8. The molecule has 0 fully saturated rings. The number of hydrogen-bond donors (Lipinski definition) is 1. The van der Waals surface area contributed by atoms with Crippen molar-refractivity contribution in [2.24, 2.45) is 0 Å². The summed E-state index contributed by atoms with van der Waals surface area (Å²) in [7, 11) is 0. The van der Waals surface area contributed by atoms with Crippen molar-refractivity contribution >= 4 is 10.8 Å². The maximum atomic E-state index is 9.68. The lowest BCUT2D eigenvalue weighted by Gasteiger charge is -2.03. The minimum atomic E-state index is 0.374. The van der Waals surface area contributed by atoms with E-state index in [1.54, 1.807) is 6.07 Å². The number of rotatable bonds is 0. The maximum absolute atomic E-state index is 9.68. The minimum Gasteiger partial charge on any atom is -0.507 e. The lowest BCUT2D eigenvalue weighted by molar-refractivity contribution is 0.481. The molecule has 0 radical (unpaired) electrons. The van der Waals surface area contributed by atoms with Gasteiger partial charge in [0.05, 0.1) is 0 Å². The fraction of sp³-hybridized carbons (Fsp3) is 0.375. The molecule has 0 heterocycles. The van der Waals surface area contributed by atoms with Crippen LogP contribution in [0.1, 0.15) is 38.8 Å². The number of aryl methyl sites for hydroxylation is 2. The van der Waals surface area contributed by atoms with Crippen molar-refractivity contribution < 1.29 is 5.11 Å². The highest BCUT2D eigenvalue weighted by Gasteiger charge is 2.00. The topological polar surface area (TPSA) is 20.2 Å². The lowest BCUT2D eigenvalue weighted by Crippen LogP contribution is -1.79. The highest BCUT2D eigenvalue weighted by Crippen LogP contribution is 2.26. The molecule has 94 valence electrons. The molecule has 2 aromatic carbocycles. The van der Waals surface area contributed by atoms with Crippen molar-refractivity contribution in [1.29, 1.82) is 0 Å². The van der Waals surface area contributed by atoms with Gasteiger partial charge in [-0.25, -0.2) is 0 Å². The SMILES string of the molecule is CC.CC.Cc1cc(O)c2cc(C)ccc2c1. The van der Waals surface area contributed by atoms with Crippen molar-refractivity contribution in [3.63, 3.8) is 0 Å². The quantitative estimate of drug-likeness (QED) is 0.660. The van der Waals surface area contributed by atoms with E-state index in [4.69, 9.17) is 0 Å². The van der Waals surface area contributed by atoms with Crippen LogP contribution in [-0.2, 0) is 0 Å². The highest BCUT2D eigenvalue weighted by atomic mass is 16.3. The van der Waals surface area contributed by atoms with Gasteiger partial charge in [-0.3, -0.25) is 0 Å². The molecule has 0 unspecified atom stereocenters. The maximum Gasteiger partial charge on any atom is 0.123 e. The van der Waals surface area contributed by atoms with Crippen LogP contribution in [0.5, 0.6) is 5.75 Å². The van der Waals surface area contributed by atoms with Gasteiger partial charge in [0.1, 0.15) is 5.75 Å². The molecule has 0 aliphatic carbocycles. The Bertz CT molecular complexity index is 458. The van der Waals surface area contributed by atoms with Crippen LogP contribution in [-0.4, -0.2) is 5.11 Å². The second-order valence-corrected chi connectivity index (χ2v) is 3.51. The summed E-state index contributed by atoms with van der Waals surface area (Å²) >= 11 is 0. The predicted molar refractivity (Wildman–Crippen MR) is 77.8 cm³/mol.